The summed E-state index contributed by atoms with van der Waals surface area (Å²) in [5.74, 6) is 0. The van der Waals surface area contributed by atoms with E-state index in [0.29, 0.717) is 0 Å². The molecule has 13 rings (SSSR count). The molecule has 0 aromatic heterocycles. The van der Waals surface area contributed by atoms with Crippen LogP contribution in [0.1, 0.15) is 51.2 Å². The maximum Gasteiger partial charge on any atom is 0.104 e. The van der Waals surface area contributed by atoms with Crippen LogP contribution in [0.15, 0.2) is 261 Å². The van der Waals surface area contributed by atoms with Crippen LogP contribution >= 0.6 is 0 Å². The lowest BCUT2D eigenvalue weighted by molar-refractivity contribution is 0.443. The van der Waals surface area contributed by atoms with E-state index < -0.39 is 5.41 Å². The Hall–Kier alpha value is -8.50. The number of nitrogens with one attached hydrogen (secondary N) is 2. The minimum Gasteiger partial charge on any atom is -0.366 e. The molecule has 322 valence electrons. The fourth-order valence-electron chi connectivity index (χ4n) is 11.4. The van der Waals surface area contributed by atoms with E-state index in [4.69, 9.17) is 0 Å². The summed E-state index contributed by atoms with van der Waals surface area (Å²) in [7, 11) is 0. The van der Waals surface area contributed by atoms with Crippen molar-refractivity contribution < 1.29 is 0 Å². The molecular weight excluding hydrogens is 823 g/mol. The van der Waals surface area contributed by atoms with Crippen molar-refractivity contribution in [1.82, 2.24) is 10.6 Å². The van der Waals surface area contributed by atoms with Gasteiger partial charge in [0.15, 0.2) is 0 Å². The summed E-state index contributed by atoms with van der Waals surface area (Å²) >= 11 is 0. The third-order valence-electron chi connectivity index (χ3n) is 14.4. The highest BCUT2D eigenvalue weighted by molar-refractivity contribution is 5.97. The predicted molar refractivity (Wildman–Crippen MR) is 281 cm³/mol. The summed E-state index contributed by atoms with van der Waals surface area (Å²) in [5, 5.41) is 7.89. The van der Waals surface area contributed by atoms with Crippen molar-refractivity contribution in [2.45, 2.75) is 17.6 Å². The van der Waals surface area contributed by atoms with Crippen LogP contribution in [0, 0.1) is 0 Å². The molecule has 2 N–H and O–H groups in total. The SMILES string of the molecule is C1=C(c2ccc(-c3ccccc3)cc2)NC(c2ccccc2)NC1c1ccccc1-c1ccccc1-c1ccc2c(c1)C1(c3ccccc3-2)c2ccccc2N(c2ccccc2)c2ccccc21. The number of rotatable bonds is 7. The highest BCUT2D eigenvalue weighted by Gasteiger charge is 2.51. The van der Waals surface area contributed by atoms with E-state index in [1.165, 1.54) is 89.3 Å². The number of hydrogen-bond donors (Lipinski definition) is 2. The highest BCUT2D eigenvalue weighted by Crippen LogP contribution is 2.63. The summed E-state index contributed by atoms with van der Waals surface area (Å²) in [6, 6.07) is 93.3. The Kier molecular flexibility index (Phi) is 9.62. The second kappa shape index (κ2) is 16.4. The van der Waals surface area contributed by atoms with Gasteiger partial charge in [-0.2, -0.15) is 0 Å². The summed E-state index contributed by atoms with van der Waals surface area (Å²) < 4.78 is 0. The molecule has 2 atom stereocenters. The van der Waals surface area contributed by atoms with Crippen LogP contribution in [0.4, 0.5) is 17.1 Å². The van der Waals surface area contributed by atoms with E-state index >= 15 is 0 Å². The van der Waals surface area contributed by atoms with Gasteiger partial charge < -0.3 is 10.2 Å². The van der Waals surface area contributed by atoms with Crippen LogP contribution in [-0.2, 0) is 5.41 Å². The van der Waals surface area contributed by atoms with Crippen molar-refractivity contribution in [2.24, 2.45) is 0 Å². The first-order valence-corrected chi connectivity index (χ1v) is 23.7. The van der Waals surface area contributed by atoms with Crippen molar-refractivity contribution in [3.63, 3.8) is 0 Å². The van der Waals surface area contributed by atoms with Gasteiger partial charge in [0.05, 0.1) is 22.8 Å². The Morgan fingerprint density at radius 1 is 0.353 bits per heavy atom. The fourth-order valence-corrected chi connectivity index (χ4v) is 11.4. The van der Waals surface area contributed by atoms with Crippen molar-refractivity contribution in [3.05, 3.63) is 300 Å². The lowest BCUT2D eigenvalue weighted by Crippen LogP contribution is -2.39. The van der Waals surface area contributed by atoms with Gasteiger partial charge in [-0.15, -0.1) is 0 Å². The van der Waals surface area contributed by atoms with Gasteiger partial charge in [0.25, 0.3) is 0 Å². The Bertz CT molecular complexity index is 3470. The third kappa shape index (κ3) is 6.39. The first-order valence-electron chi connectivity index (χ1n) is 23.7. The molecule has 3 heteroatoms. The molecule has 3 aliphatic rings. The molecule has 1 spiro atoms. The monoisotopic (exact) mass is 869 g/mol. The van der Waals surface area contributed by atoms with E-state index in [1.807, 2.05) is 0 Å². The first kappa shape index (κ1) is 39.8. The number of anilines is 3. The van der Waals surface area contributed by atoms with Crippen molar-refractivity contribution in [3.8, 4) is 44.5 Å². The summed E-state index contributed by atoms with van der Waals surface area (Å²) in [6.45, 7) is 0. The maximum atomic E-state index is 4.02. The smallest absolute Gasteiger partial charge is 0.104 e. The largest absolute Gasteiger partial charge is 0.366 e. The molecule has 3 nitrogen and oxygen atoms in total. The van der Waals surface area contributed by atoms with Gasteiger partial charge in [0.1, 0.15) is 6.17 Å². The molecule has 0 amide bonds. The summed E-state index contributed by atoms with van der Waals surface area (Å²) in [5.41, 5.74) is 22.6. The molecule has 2 heterocycles. The minimum atomic E-state index is -0.542. The predicted octanol–water partition coefficient (Wildman–Crippen LogP) is 15.8. The quantitative estimate of drug-likeness (QED) is 0.167. The van der Waals surface area contributed by atoms with Gasteiger partial charge >= 0.3 is 0 Å². The Morgan fingerprint density at radius 2 is 0.853 bits per heavy atom. The third-order valence-corrected chi connectivity index (χ3v) is 14.4. The summed E-state index contributed by atoms with van der Waals surface area (Å²) in [4.78, 5) is 2.45. The van der Waals surface area contributed by atoms with Crippen LogP contribution < -0.4 is 15.5 Å². The Morgan fingerprint density at radius 3 is 1.56 bits per heavy atom. The maximum absolute atomic E-state index is 4.02. The molecule has 0 fully saturated rings. The first-order chi connectivity index (χ1) is 33.7. The number of para-hydroxylation sites is 3. The highest BCUT2D eigenvalue weighted by atomic mass is 15.2. The zero-order chi connectivity index (χ0) is 45.0. The summed E-state index contributed by atoms with van der Waals surface area (Å²) in [6.07, 6.45) is 2.26. The topological polar surface area (TPSA) is 27.3 Å². The van der Waals surface area contributed by atoms with E-state index in [2.05, 4.69) is 276 Å². The van der Waals surface area contributed by atoms with Gasteiger partial charge in [0, 0.05) is 11.4 Å². The van der Waals surface area contributed by atoms with Crippen molar-refractivity contribution in [2.75, 3.05) is 4.90 Å². The lowest BCUT2D eigenvalue weighted by Gasteiger charge is -2.45. The second-order valence-corrected chi connectivity index (χ2v) is 18.1. The Balaban J connectivity index is 0.958. The Labute approximate surface area is 398 Å². The fraction of sp³-hybridized carbons (Fsp3) is 0.0462. The second-order valence-electron chi connectivity index (χ2n) is 18.1. The van der Waals surface area contributed by atoms with Gasteiger partial charge in [-0.25, -0.2) is 0 Å². The lowest BCUT2D eigenvalue weighted by atomic mass is 9.64. The van der Waals surface area contributed by atoms with Gasteiger partial charge in [-0.05, 0) is 120 Å². The van der Waals surface area contributed by atoms with Gasteiger partial charge in [-0.3, -0.25) is 5.32 Å². The van der Waals surface area contributed by atoms with Crippen LogP contribution in [-0.4, -0.2) is 0 Å². The normalized spacial score (nSPS) is 16.2. The van der Waals surface area contributed by atoms with Gasteiger partial charge in [-0.1, -0.05) is 224 Å². The zero-order valence-corrected chi connectivity index (χ0v) is 37.4. The minimum absolute atomic E-state index is 0.0879. The molecule has 0 bridgehead atoms. The molecule has 10 aromatic rings. The molecule has 2 unspecified atom stereocenters. The number of hydrogen-bond acceptors (Lipinski definition) is 3. The molecular formula is C65H47N3. The molecule has 68 heavy (non-hydrogen) atoms. The number of benzene rings is 10. The molecule has 2 aliphatic heterocycles. The van der Waals surface area contributed by atoms with Crippen molar-refractivity contribution >= 4 is 22.8 Å². The van der Waals surface area contributed by atoms with Crippen LogP contribution in [0.25, 0.3) is 50.2 Å². The molecule has 1 aliphatic carbocycles. The van der Waals surface area contributed by atoms with E-state index in [9.17, 15) is 0 Å². The van der Waals surface area contributed by atoms with Crippen LogP contribution in [0.3, 0.4) is 0 Å². The number of fused-ring (bicyclic) bond motifs is 9. The average molecular weight is 870 g/mol. The molecule has 10 aromatic carbocycles. The number of nitrogens with zero attached hydrogens (tertiary/aromatic N) is 1. The van der Waals surface area contributed by atoms with Gasteiger partial charge in [0.2, 0.25) is 0 Å². The molecule has 0 radical (unpaired) electrons. The average Bonchev–Trinajstić information content (AvgIpc) is 3.71. The zero-order valence-electron chi connectivity index (χ0n) is 37.4. The van der Waals surface area contributed by atoms with E-state index in [1.54, 1.807) is 0 Å². The van der Waals surface area contributed by atoms with E-state index in [0.717, 1.165) is 16.9 Å². The standard InChI is InChI=1S/C65H47N3/c1-4-20-44(21-5-1)45-36-38-46(39-37-45)60-43-61(67-64(66-60)47-22-6-2-7-23-47)55-30-13-12-28-52(55)51-27-11-10-26-50(51)48-40-41-54-53-29-14-15-31-56(53)65(59(54)42-48)57-32-16-18-34-62(57)68(49-24-8-3-9-25-49)63-35-19-17-33-58(63)65/h1-43,61,64,66-67H. The van der Waals surface area contributed by atoms with Crippen LogP contribution in [0.2, 0.25) is 0 Å². The molecule has 0 saturated heterocycles. The van der Waals surface area contributed by atoms with Crippen molar-refractivity contribution in [1.29, 1.82) is 0 Å². The molecule has 0 saturated carbocycles. The van der Waals surface area contributed by atoms with Crippen LogP contribution in [0.5, 0.6) is 0 Å². The van der Waals surface area contributed by atoms with E-state index in [-0.39, 0.29) is 12.2 Å².